The first-order chi connectivity index (χ1) is 9.92. The molecule has 0 bridgehead atoms. The largest absolute Gasteiger partial charge is 0.0913 e. The van der Waals surface area contributed by atoms with Crippen molar-refractivity contribution >= 4 is 24.8 Å². The molecule has 20 heavy (non-hydrogen) atoms. The Kier molecular flexibility index (Phi) is 2.93. The van der Waals surface area contributed by atoms with Crippen LogP contribution in [0.4, 0.5) is 0 Å². The van der Waals surface area contributed by atoms with Gasteiger partial charge in [0.1, 0.15) is 0 Å². The molecule has 0 saturated heterocycles. The van der Waals surface area contributed by atoms with E-state index in [1.165, 1.54) is 29.3 Å². The molecule has 3 aromatic rings. The second kappa shape index (κ2) is 4.91. The van der Waals surface area contributed by atoms with Gasteiger partial charge in [-0.25, -0.2) is 0 Å². The Morgan fingerprint density at radius 2 is 1.45 bits per heavy atom. The van der Waals surface area contributed by atoms with E-state index in [9.17, 15) is 0 Å². The molecule has 3 aromatic carbocycles. The molecule has 1 heteroatoms. The van der Waals surface area contributed by atoms with Crippen molar-refractivity contribution < 1.29 is 0 Å². The van der Waals surface area contributed by atoms with Crippen LogP contribution in [0.1, 0.15) is 11.1 Å². The van der Waals surface area contributed by atoms with E-state index in [1.807, 2.05) is 0 Å². The molecule has 0 N–H and O–H groups in total. The Bertz CT molecular complexity index is 755. The van der Waals surface area contributed by atoms with Crippen LogP contribution in [0.3, 0.4) is 0 Å². The Labute approximate surface area is 121 Å². The normalized spacial score (nSPS) is 15.2. The summed E-state index contributed by atoms with van der Waals surface area (Å²) >= 11 is 0. The van der Waals surface area contributed by atoms with Crippen molar-refractivity contribution in [1.29, 1.82) is 0 Å². The Hall–Kier alpha value is -1.86. The third-order valence-electron chi connectivity index (χ3n) is 4.39. The standard InChI is InChI=1S/C19H17Si/c1-2-8-17-14-20(13-12-15(17)6-1)19-11-5-9-16-7-3-4-10-18(16)19/h1-11H,12-14H2. The molecule has 0 atom stereocenters. The van der Waals surface area contributed by atoms with E-state index < -0.39 is 8.80 Å². The molecule has 0 aliphatic carbocycles. The Balaban J connectivity index is 1.78. The molecule has 1 aliphatic heterocycles. The van der Waals surface area contributed by atoms with Gasteiger partial charge in [0.15, 0.2) is 0 Å². The first-order valence-electron chi connectivity index (χ1n) is 7.31. The van der Waals surface area contributed by atoms with Gasteiger partial charge in [0.25, 0.3) is 0 Å². The molecule has 4 rings (SSSR count). The minimum atomic E-state index is -0.462. The lowest BCUT2D eigenvalue weighted by molar-refractivity contribution is 1.03. The van der Waals surface area contributed by atoms with Crippen molar-refractivity contribution in [3.8, 4) is 0 Å². The zero-order valence-corrected chi connectivity index (χ0v) is 12.5. The molecule has 0 saturated carbocycles. The zero-order valence-electron chi connectivity index (χ0n) is 11.5. The number of fused-ring (bicyclic) bond motifs is 2. The average Bonchev–Trinajstić information content (AvgIpc) is 2.54. The topological polar surface area (TPSA) is 0 Å². The monoisotopic (exact) mass is 273 g/mol. The lowest BCUT2D eigenvalue weighted by atomic mass is 10.1. The fourth-order valence-corrected chi connectivity index (χ4v) is 6.29. The van der Waals surface area contributed by atoms with Gasteiger partial charge in [-0.05, 0) is 34.4 Å². The highest BCUT2D eigenvalue weighted by molar-refractivity contribution is 6.75. The van der Waals surface area contributed by atoms with E-state index in [-0.39, 0.29) is 0 Å². The summed E-state index contributed by atoms with van der Waals surface area (Å²) in [5.41, 5.74) is 3.15. The van der Waals surface area contributed by atoms with E-state index in [1.54, 1.807) is 16.3 Å². The number of rotatable bonds is 1. The van der Waals surface area contributed by atoms with Crippen LogP contribution in [0.5, 0.6) is 0 Å². The van der Waals surface area contributed by atoms with Gasteiger partial charge in [-0.1, -0.05) is 78.0 Å². The van der Waals surface area contributed by atoms with E-state index in [0.717, 1.165) is 0 Å². The first-order valence-corrected chi connectivity index (χ1v) is 9.23. The summed E-state index contributed by atoms with van der Waals surface area (Å²) in [6, 6.07) is 27.3. The van der Waals surface area contributed by atoms with Crippen molar-refractivity contribution in [1.82, 2.24) is 0 Å². The average molecular weight is 273 g/mol. The quantitative estimate of drug-likeness (QED) is 0.590. The molecule has 0 fully saturated rings. The first kappa shape index (κ1) is 11.9. The molecule has 0 aromatic heterocycles. The predicted molar refractivity (Wildman–Crippen MR) is 88.0 cm³/mol. The highest BCUT2D eigenvalue weighted by atomic mass is 28.3. The van der Waals surface area contributed by atoms with Gasteiger partial charge in [0, 0.05) is 0 Å². The van der Waals surface area contributed by atoms with E-state index in [0.29, 0.717) is 0 Å². The van der Waals surface area contributed by atoms with Crippen LogP contribution in [0.15, 0.2) is 66.7 Å². The van der Waals surface area contributed by atoms with Crippen LogP contribution in [0.2, 0.25) is 6.04 Å². The van der Waals surface area contributed by atoms with Crippen LogP contribution in [0, 0.1) is 0 Å². The van der Waals surface area contributed by atoms with Crippen LogP contribution in [-0.2, 0) is 12.5 Å². The van der Waals surface area contributed by atoms with Gasteiger partial charge in [-0.15, -0.1) is 0 Å². The highest BCUT2D eigenvalue weighted by Crippen LogP contribution is 2.23. The van der Waals surface area contributed by atoms with Crippen LogP contribution in [0.25, 0.3) is 10.8 Å². The Morgan fingerprint density at radius 1 is 0.700 bits per heavy atom. The van der Waals surface area contributed by atoms with Crippen molar-refractivity contribution in [2.75, 3.05) is 0 Å². The second-order valence-electron chi connectivity index (χ2n) is 5.58. The van der Waals surface area contributed by atoms with Crippen molar-refractivity contribution in [3.05, 3.63) is 77.9 Å². The molecule has 0 nitrogen and oxygen atoms in total. The second-order valence-corrected chi connectivity index (χ2v) is 8.18. The van der Waals surface area contributed by atoms with Crippen molar-refractivity contribution in [2.24, 2.45) is 0 Å². The van der Waals surface area contributed by atoms with Crippen LogP contribution in [-0.4, -0.2) is 8.80 Å². The van der Waals surface area contributed by atoms with Crippen molar-refractivity contribution in [2.45, 2.75) is 18.5 Å². The number of hydrogen-bond donors (Lipinski definition) is 0. The summed E-state index contributed by atoms with van der Waals surface area (Å²) in [5.74, 6) is 0. The maximum Gasteiger partial charge on any atom is 0.0913 e. The minimum Gasteiger partial charge on any atom is -0.0626 e. The molecule has 0 unspecified atom stereocenters. The van der Waals surface area contributed by atoms with Gasteiger partial charge in [0.05, 0.1) is 8.80 Å². The van der Waals surface area contributed by atoms with E-state index >= 15 is 0 Å². The summed E-state index contributed by atoms with van der Waals surface area (Å²) in [4.78, 5) is 0. The van der Waals surface area contributed by atoms with Gasteiger partial charge in [0.2, 0.25) is 0 Å². The fraction of sp³-hybridized carbons (Fsp3) is 0.158. The smallest absolute Gasteiger partial charge is 0.0626 e. The summed E-state index contributed by atoms with van der Waals surface area (Å²) in [6.07, 6.45) is 1.26. The molecule has 0 amide bonds. The SMILES string of the molecule is c1ccc2c(c1)CC[Si](c1cccc3ccccc13)C2. The minimum absolute atomic E-state index is 0.462. The molecule has 1 heterocycles. The highest BCUT2D eigenvalue weighted by Gasteiger charge is 2.22. The summed E-state index contributed by atoms with van der Waals surface area (Å²) < 4.78 is 0. The maximum atomic E-state index is 2.37. The predicted octanol–water partition coefficient (Wildman–Crippen LogP) is 3.88. The van der Waals surface area contributed by atoms with Gasteiger partial charge in [-0.2, -0.15) is 0 Å². The Morgan fingerprint density at radius 3 is 2.40 bits per heavy atom. The molecule has 97 valence electrons. The van der Waals surface area contributed by atoms with E-state index in [2.05, 4.69) is 66.7 Å². The summed E-state index contributed by atoms with van der Waals surface area (Å²) in [5, 5.41) is 4.49. The summed E-state index contributed by atoms with van der Waals surface area (Å²) in [7, 11) is -0.462. The molecular weight excluding hydrogens is 256 g/mol. The van der Waals surface area contributed by atoms with Crippen LogP contribution >= 0.6 is 0 Å². The van der Waals surface area contributed by atoms with Gasteiger partial charge < -0.3 is 0 Å². The van der Waals surface area contributed by atoms with Gasteiger partial charge >= 0.3 is 0 Å². The molecule has 0 spiro atoms. The summed E-state index contributed by atoms with van der Waals surface area (Å²) in [6.45, 7) is 0. The molecular formula is C19H17Si. The van der Waals surface area contributed by atoms with E-state index in [4.69, 9.17) is 0 Å². The van der Waals surface area contributed by atoms with Crippen LogP contribution < -0.4 is 5.19 Å². The molecule has 1 radical (unpaired) electrons. The molecule has 1 aliphatic rings. The third-order valence-corrected chi connectivity index (χ3v) is 7.25. The van der Waals surface area contributed by atoms with Crippen molar-refractivity contribution in [3.63, 3.8) is 0 Å². The zero-order chi connectivity index (χ0) is 13.4. The third kappa shape index (κ3) is 1.99. The fourth-order valence-electron chi connectivity index (χ4n) is 3.34. The number of hydrogen-bond acceptors (Lipinski definition) is 0. The number of benzene rings is 3. The maximum absolute atomic E-state index is 2.37. The number of aryl methyl sites for hydroxylation is 1. The lowest BCUT2D eigenvalue weighted by Gasteiger charge is -2.24. The van der Waals surface area contributed by atoms with Gasteiger partial charge in [-0.3, -0.25) is 0 Å². The lowest BCUT2D eigenvalue weighted by Crippen LogP contribution is -2.36.